The third-order valence-corrected chi connectivity index (χ3v) is 8.23. The number of carboxylic acid groups (broad SMARTS) is 1. The molecule has 10 heteroatoms. The molecule has 0 spiro atoms. The van der Waals surface area contributed by atoms with Crippen LogP contribution in [-0.4, -0.2) is 63.5 Å². The van der Waals surface area contributed by atoms with Gasteiger partial charge in [0, 0.05) is 38.1 Å². The molecule has 4 N–H and O–H groups in total. The first-order valence-corrected chi connectivity index (χ1v) is 13.7. The van der Waals surface area contributed by atoms with Crippen molar-refractivity contribution in [2.75, 3.05) is 13.6 Å². The lowest BCUT2D eigenvalue weighted by Crippen LogP contribution is -2.56. The number of benzene rings is 1. The highest BCUT2D eigenvalue weighted by Crippen LogP contribution is 2.36. The molecule has 1 saturated heterocycles. The number of rotatable bonds is 8. The number of nitrogens with one attached hydrogen (secondary N) is 1. The van der Waals surface area contributed by atoms with Gasteiger partial charge in [-0.1, -0.05) is 25.3 Å². The van der Waals surface area contributed by atoms with E-state index >= 15 is 0 Å². The Morgan fingerprint density at radius 3 is 2.59 bits per heavy atom. The van der Waals surface area contributed by atoms with Crippen LogP contribution in [-0.2, 0) is 16.1 Å². The van der Waals surface area contributed by atoms with E-state index in [0.29, 0.717) is 12.1 Å². The predicted molar refractivity (Wildman–Crippen MR) is 145 cm³/mol. The van der Waals surface area contributed by atoms with Gasteiger partial charge in [0.05, 0.1) is 6.04 Å². The number of amides is 3. The van der Waals surface area contributed by atoms with Crippen LogP contribution in [0.25, 0.3) is 11.1 Å². The molecule has 39 heavy (non-hydrogen) atoms. The molecule has 0 bridgehead atoms. The van der Waals surface area contributed by atoms with Gasteiger partial charge in [0.15, 0.2) is 0 Å². The van der Waals surface area contributed by atoms with Gasteiger partial charge in [-0.3, -0.25) is 19.5 Å². The van der Waals surface area contributed by atoms with Gasteiger partial charge in [-0.2, -0.15) is 0 Å². The lowest BCUT2D eigenvalue weighted by atomic mass is 9.83. The van der Waals surface area contributed by atoms with Crippen LogP contribution >= 0.6 is 0 Å². The molecule has 1 aliphatic carbocycles. The predicted octanol–water partition coefficient (Wildman–Crippen LogP) is 4.07. The summed E-state index contributed by atoms with van der Waals surface area (Å²) < 4.78 is 13.8. The molecule has 1 aromatic heterocycles. The van der Waals surface area contributed by atoms with Crippen molar-refractivity contribution >= 4 is 17.9 Å². The second-order valence-corrected chi connectivity index (χ2v) is 10.7. The quantitative estimate of drug-likeness (QED) is 0.464. The minimum atomic E-state index is -1.20. The highest BCUT2D eigenvalue weighted by molar-refractivity contribution is 5.91. The Bertz CT molecular complexity index is 1200. The van der Waals surface area contributed by atoms with Gasteiger partial charge < -0.3 is 21.1 Å². The molecule has 0 radical (unpaired) electrons. The SMILES string of the molecule is C[C@@H](C(=O)N[C@H](C(=O)N1CCC[C@H]1c1cncc(-c2ccc(F)cc2CN)c1)C1CCCCC1)N(C)C(=O)O. The second-order valence-electron chi connectivity index (χ2n) is 10.7. The van der Waals surface area contributed by atoms with Gasteiger partial charge in [0.1, 0.15) is 17.9 Å². The van der Waals surface area contributed by atoms with Crippen LogP contribution in [0.3, 0.4) is 0 Å². The van der Waals surface area contributed by atoms with Crippen LogP contribution in [0.4, 0.5) is 9.18 Å². The molecule has 1 aromatic carbocycles. The summed E-state index contributed by atoms with van der Waals surface area (Å²) in [5, 5.41) is 12.2. The minimum Gasteiger partial charge on any atom is -0.465 e. The Morgan fingerprint density at radius 2 is 1.90 bits per heavy atom. The lowest BCUT2D eigenvalue weighted by molar-refractivity contribution is -0.140. The van der Waals surface area contributed by atoms with E-state index in [9.17, 15) is 23.9 Å². The van der Waals surface area contributed by atoms with Gasteiger partial charge in [0.2, 0.25) is 11.8 Å². The molecule has 3 atom stereocenters. The maximum Gasteiger partial charge on any atom is 0.407 e. The Morgan fingerprint density at radius 1 is 1.15 bits per heavy atom. The van der Waals surface area contributed by atoms with Gasteiger partial charge in [-0.05, 0) is 73.4 Å². The van der Waals surface area contributed by atoms with E-state index in [1.54, 1.807) is 18.5 Å². The van der Waals surface area contributed by atoms with E-state index in [1.165, 1.54) is 26.1 Å². The topological polar surface area (TPSA) is 129 Å². The van der Waals surface area contributed by atoms with Gasteiger partial charge in [-0.15, -0.1) is 0 Å². The molecule has 4 rings (SSSR count). The number of halogens is 1. The number of nitrogens with two attached hydrogens (primary N) is 1. The Hall–Kier alpha value is -3.53. The summed E-state index contributed by atoms with van der Waals surface area (Å²) in [6, 6.07) is 4.63. The summed E-state index contributed by atoms with van der Waals surface area (Å²) in [5.74, 6) is -0.975. The zero-order valence-electron chi connectivity index (χ0n) is 22.6. The number of carbonyl (C=O) groups excluding carboxylic acids is 2. The second kappa shape index (κ2) is 12.5. The fourth-order valence-corrected chi connectivity index (χ4v) is 5.82. The molecule has 0 unspecified atom stereocenters. The number of likely N-dealkylation sites (tertiary alicyclic amines) is 1. The summed E-state index contributed by atoms with van der Waals surface area (Å²) in [4.78, 5) is 45.8. The van der Waals surface area contributed by atoms with Gasteiger partial charge in [-0.25, -0.2) is 9.18 Å². The standard InChI is InChI=1S/C29H38FN5O4/c1-18(34(2)29(38)39)27(36)33-26(19-7-4-3-5-8-19)28(37)35-12-6-9-25(35)22-13-21(16-32-17-22)24-11-10-23(30)14-20(24)15-31/h10-11,13-14,16-19,25-26H,3-9,12,15,31H2,1-2H3,(H,33,36)(H,38,39)/t18-,25-,26-/m0/s1. The number of hydrogen-bond donors (Lipinski definition) is 3. The van der Waals surface area contributed by atoms with Crippen LogP contribution < -0.4 is 11.1 Å². The summed E-state index contributed by atoms with van der Waals surface area (Å²) in [6.07, 6.45) is 8.58. The molecule has 9 nitrogen and oxygen atoms in total. The minimum absolute atomic E-state index is 0.00503. The van der Waals surface area contributed by atoms with Crippen molar-refractivity contribution in [1.29, 1.82) is 0 Å². The summed E-state index contributed by atoms with van der Waals surface area (Å²) in [5.41, 5.74) is 9.02. The Balaban J connectivity index is 1.60. The maximum absolute atomic E-state index is 14.1. The fourth-order valence-electron chi connectivity index (χ4n) is 5.82. The molecule has 2 aliphatic rings. The van der Waals surface area contributed by atoms with Crippen LogP contribution in [0.15, 0.2) is 36.7 Å². The number of nitrogens with zero attached hydrogens (tertiary/aromatic N) is 3. The number of hydrogen-bond acceptors (Lipinski definition) is 5. The summed E-state index contributed by atoms with van der Waals surface area (Å²) in [7, 11) is 1.34. The summed E-state index contributed by atoms with van der Waals surface area (Å²) >= 11 is 0. The number of carbonyl (C=O) groups is 3. The smallest absolute Gasteiger partial charge is 0.407 e. The van der Waals surface area contributed by atoms with Crippen molar-refractivity contribution in [3.8, 4) is 11.1 Å². The van der Waals surface area contributed by atoms with Crippen molar-refractivity contribution in [3.05, 3.63) is 53.6 Å². The molecular formula is C29H38FN5O4. The van der Waals surface area contributed by atoms with E-state index < -0.39 is 24.1 Å². The van der Waals surface area contributed by atoms with E-state index in [1.807, 2.05) is 11.0 Å². The van der Waals surface area contributed by atoms with Crippen LogP contribution in [0.2, 0.25) is 0 Å². The van der Waals surface area contributed by atoms with Crippen molar-refractivity contribution in [3.63, 3.8) is 0 Å². The average molecular weight is 540 g/mol. The first-order chi connectivity index (χ1) is 18.7. The molecular weight excluding hydrogens is 501 g/mol. The van der Waals surface area contributed by atoms with Crippen molar-refractivity contribution in [1.82, 2.24) is 20.1 Å². The third-order valence-electron chi connectivity index (χ3n) is 8.23. The monoisotopic (exact) mass is 539 g/mol. The molecule has 2 fully saturated rings. The fraction of sp³-hybridized carbons (Fsp3) is 0.517. The van der Waals surface area contributed by atoms with Crippen molar-refractivity contribution in [2.45, 2.75) is 76.5 Å². The first kappa shape index (κ1) is 28.5. The normalized spacial score (nSPS) is 19.4. The Labute approximate surface area is 228 Å². The van der Waals surface area contributed by atoms with E-state index in [-0.39, 0.29) is 30.2 Å². The van der Waals surface area contributed by atoms with Gasteiger partial charge in [0.25, 0.3) is 0 Å². The van der Waals surface area contributed by atoms with E-state index in [2.05, 4.69) is 10.3 Å². The molecule has 210 valence electrons. The molecule has 3 amide bonds. The van der Waals surface area contributed by atoms with Crippen LogP contribution in [0, 0.1) is 11.7 Å². The average Bonchev–Trinajstić information content (AvgIpc) is 3.45. The molecule has 2 heterocycles. The highest BCUT2D eigenvalue weighted by atomic mass is 19.1. The number of aromatic nitrogens is 1. The van der Waals surface area contributed by atoms with Crippen molar-refractivity contribution in [2.24, 2.45) is 11.7 Å². The van der Waals surface area contributed by atoms with Crippen LogP contribution in [0.1, 0.15) is 69.0 Å². The molecule has 1 aliphatic heterocycles. The highest BCUT2D eigenvalue weighted by Gasteiger charge is 2.39. The van der Waals surface area contributed by atoms with Crippen molar-refractivity contribution < 1.29 is 23.9 Å². The first-order valence-electron chi connectivity index (χ1n) is 13.7. The number of pyridine rings is 1. The number of likely N-dealkylation sites (N-methyl/N-ethyl adjacent to an activating group) is 1. The zero-order valence-corrected chi connectivity index (χ0v) is 22.6. The van der Waals surface area contributed by atoms with Crippen LogP contribution in [0.5, 0.6) is 0 Å². The third kappa shape index (κ3) is 6.38. The van der Waals surface area contributed by atoms with E-state index in [0.717, 1.165) is 66.5 Å². The summed E-state index contributed by atoms with van der Waals surface area (Å²) in [6.45, 7) is 2.26. The molecule has 1 saturated carbocycles. The van der Waals surface area contributed by atoms with E-state index in [4.69, 9.17) is 5.73 Å². The zero-order chi connectivity index (χ0) is 28.1. The molecule has 2 aromatic rings. The maximum atomic E-state index is 14.1. The Kier molecular flexibility index (Phi) is 9.16. The lowest BCUT2D eigenvalue weighted by Gasteiger charge is -2.36. The van der Waals surface area contributed by atoms with Gasteiger partial charge >= 0.3 is 6.09 Å². The largest absolute Gasteiger partial charge is 0.465 e.